The van der Waals surface area contributed by atoms with E-state index in [-0.39, 0.29) is 6.42 Å². The quantitative estimate of drug-likeness (QED) is 0.827. The van der Waals surface area contributed by atoms with Gasteiger partial charge in [-0.15, -0.1) is 0 Å². The molecular weight excluding hydrogens is 248 g/mol. The molecule has 2 rings (SSSR count). The number of aliphatic hydroxyl groups is 2. The van der Waals surface area contributed by atoms with Crippen molar-refractivity contribution in [3.63, 3.8) is 0 Å². The predicted octanol–water partition coefficient (Wildman–Crippen LogP) is 3.57. The Hall–Kier alpha value is -1.30. The molecule has 0 saturated heterocycles. The van der Waals surface area contributed by atoms with Gasteiger partial charge in [0.15, 0.2) is 0 Å². The van der Waals surface area contributed by atoms with Gasteiger partial charge in [-0.2, -0.15) is 0 Å². The maximum Gasteiger partial charge on any atom is 0.125 e. The van der Waals surface area contributed by atoms with Crippen LogP contribution >= 0.6 is 0 Å². The molecule has 0 aromatic heterocycles. The molecule has 1 aromatic carbocycles. The maximum absolute atomic E-state index is 10.4. The van der Waals surface area contributed by atoms with E-state index in [2.05, 4.69) is 11.8 Å². The maximum atomic E-state index is 10.4. The monoisotopic (exact) mass is 274 g/mol. The van der Waals surface area contributed by atoms with Crippen molar-refractivity contribution in [3.05, 3.63) is 35.4 Å². The molecule has 1 aromatic rings. The fourth-order valence-corrected chi connectivity index (χ4v) is 2.59. The highest BCUT2D eigenvalue weighted by Gasteiger charge is 2.26. The molecule has 0 amide bonds. The molecule has 2 nitrogen and oxygen atoms in total. The Bertz CT molecular complexity index is 560. The fraction of sp³-hybridized carbons (Fsp3) is 0.556. The van der Waals surface area contributed by atoms with Gasteiger partial charge in [0.05, 0.1) is 6.10 Å². The summed E-state index contributed by atoms with van der Waals surface area (Å²) in [6, 6.07) is 7.20. The third kappa shape index (κ3) is 4.10. The Kier molecular flexibility index (Phi) is 4.31. The Labute approximate surface area is 124 Å². The molecule has 2 heteroatoms. The molecule has 1 fully saturated rings. The minimum absolute atomic E-state index is 0.0494. The van der Waals surface area contributed by atoms with Crippen LogP contribution in [0.1, 0.15) is 71.8 Å². The normalized spacial score (nSPS) is 21.1. The van der Waals surface area contributed by atoms with Crippen molar-refractivity contribution < 1.29 is 13.0 Å². The molecule has 1 aliphatic carbocycles. The number of aliphatic hydroxyl groups excluding tert-OH is 1. The summed E-state index contributed by atoms with van der Waals surface area (Å²) in [7, 11) is 0. The minimum atomic E-state index is -1.42. The summed E-state index contributed by atoms with van der Waals surface area (Å²) in [5.74, 6) is 5.99. The van der Waals surface area contributed by atoms with Crippen LogP contribution in [-0.2, 0) is 0 Å². The standard InChI is InChI=1S/C18H24O2/c1-2-7-17(19)16-9-6-8-15(14-16)10-13-18(20)11-4-3-5-12-18/h6,8-9,14,17,19-20H,2-5,7,11-12H2,1H3/i2D2. The number of rotatable bonds is 3. The predicted molar refractivity (Wildman–Crippen MR) is 81.2 cm³/mol. The fourth-order valence-electron chi connectivity index (χ4n) is 2.59. The molecule has 0 aliphatic heterocycles. The van der Waals surface area contributed by atoms with Gasteiger partial charge in [-0.1, -0.05) is 43.7 Å². The summed E-state index contributed by atoms with van der Waals surface area (Å²) in [6.07, 6.45) is 2.40. The second-order valence-electron chi connectivity index (χ2n) is 5.54. The SMILES string of the molecule is [2H]C([2H])(C)CC(O)c1cccc(C#CC2(O)CCCCC2)c1. The molecule has 0 radical (unpaired) electrons. The van der Waals surface area contributed by atoms with Crippen molar-refractivity contribution >= 4 is 0 Å². The molecule has 2 N–H and O–H groups in total. The third-order valence-corrected chi connectivity index (χ3v) is 3.79. The van der Waals surface area contributed by atoms with Crippen LogP contribution < -0.4 is 0 Å². The smallest absolute Gasteiger partial charge is 0.125 e. The number of hydrogen-bond donors (Lipinski definition) is 2. The van der Waals surface area contributed by atoms with E-state index in [0.717, 1.165) is 37.7 Å². The Morgan fingerprint density at radius 1 is 1.35 bits per heavy atom. The first-order valence-electron chi connectivity index (χ1n) is 8.31. The lowest BCUT2D eigenvalue weighted by Gasteiger charge is -2.26. The van der Waals surface area contributed by atoms with Gasteiger partial charge < -0.3 is 10.2 Å². The van der Waals surface area contributed by atoms with Crippen molar-refractivity contribution in [1.82, 2.24) is 0 Å². The van der Waals surface area contributed by atoms with Crippen molar-refractivity contribution in [2.45, 2.75) is 63.5 Å². The zero-order valence-electron chi connectivity index (χ0n) is 14.0. The second-order valence-corrected chi connectivity index (χ2v) is 5.54. The Morgan fingerprint density at radius 2 is 2.10 bits per heavy atom. The lowest BCUT2D eigenvalue weighted by atomic mass is 9.85. The molecule has 20 heavy (non-hydrogen) atoms. The summed E-state index contributed by atoms with van der Waals surface area (Å²) >= 11 is 0. The summed E-state index contributed by atoms with van der Waals surface area (Å²) in [6.45, 7) is 1.46. The molecule has 0 heterocycles. The molecule has 0 spiro atoms. The van der Waals surface area contributed by atoms with Gasteiger partial charge in [-0.3, -0.25) is 0 Å². The topological polar surface area (TPSA) is 40.5 Å². The lowest BCUT2D eigenvalue weighted by Crippen LogP contribution is -2.29. The second kappa shape index (κ2) is 6.92. The molecule has 108 valence electrons. The summed E-state index contributed by atoms with van der Waals surface area (Å²) in [5.41, 5.74) is 0.522. The first-order chi connectivity index (χ1) is 10.3. The van der Waals surface area contributed by atoms with Crippen LogP contribution in [-0.4, -0.2) is 15.8 Å². The molecule has 0 bridgehead atoms. The van der Waals surface area contributed by atoms with E-state index in [9.17, 15) is 10.2 Å². The highest BCUT2D eigenvalue weighted by molar-refractivity contribution is 5.39. The molecule has 1 aliphatic rings. The molecule has 1 saturated carbocycles. The molecular formula is C18H24O2. The summed E-state index contributed by atoms with van der Waals surface area (Å²) in [5, 5.41) is 20.5. The van der Waals surface area contributed by atoms with Gasteiger partial charge in [-0.25, -0.2) is 0 Å². The largest absolute Gasteiger partial charge is 0.388 e. The van der Waals surface area contributed by atoms with E-state index >= 15 is 0 Å². The van der Waals surface area contributed by atoms with Gasteiger partial charge in [0, 0.05) is 8.30 Å². The zero-order valence-corrected chi connectivity index (χ0v) is 12.0. The van der Waals surface area contributed by atoms with E-state index in [4.69, 9.17) is 2.74 Å². The van der Waals surface area contributed by atoms with Crippen molar-refractivity contribution in [2.75, 3.05) is 0 Å². The van der Waals surface area contributed by atoms with Crippen LogP contribution in [0, 0.1) is 11.8 Å². The van der Waals surface area contributed by atoms with Crippen LogP contribution in [0.25, 0.3) is 0 Å². The van der Waals surface area contributed by atoms with Crippen molar-refractivity contribution in [2.24, 2.45) is 0 Å². The van der Waals surface area contributed by atoms with Crippen molar-refractivity contribution in [3.8, 4) is 11.8 Å². The highest BCUT2D eigenvalue weighted by Crippen LogP contribution is 2.27. The van der Waals surface area contributed by atoms with Crippen LogP contribution in [0.3, 0.4) is 0 Å². The van der Waals surface area contributed by atoms with E-state index < -0.39 is 18.1 Å². The van der Waals surface area contributed by atoms with Gasteiger partial charge in [0.1, 0.15) is 5.60 Å². The zero-order chi connectivity index (χ0) is 16.2. The number of hydrogen-bond acceptors (Lipinski definition) is 2. The minimum Gasteiger partial charge on any atom is -0.388 e. The van der Waals surface area contributed by atoms with E-state index in [0.29, 0.717) is 5.56 Å². The number of benzene rings is 1. The highest BCUT2D eigenvalue weighted by atomic mass is 16.3. The Morgan fingerprint density at radius 3 is 2.80 bits per heavy atom. The third-order valence-electron chi connectivity index (χ3n) is 3.79. The molecule has 1 atom stereocenters. The van der Waals surface area contributed by atoms with E-state index in [1.54, 1.807) is 18.2 Å². The average molecular weight is 274 g/mol. The van der Waals surface area contributed by atoms with Gasteiger partial charge >= 0.3 is 0 Å². The first-order valence-corrected chi connectivity index (χ1v) is 7.31. The lowest BCUT2D eigenvalue weighted by molar-refractivity contribution is 0.0610. The van der Waals surface area contributed by atoms with Gasteiger partial charge in [-0.05, 0) is 49.8 Å². The van der Waals surface area contributed by atoms with Crippen LogP contribution in [0.5, 0.6) is 0 Å². The van der Waals surface area contributed by atoms with E-state index in [1.165, 1.54) is 6.92 Å². The van der Waals surface area contributed by atoms with Gasteiger partial charge in [0.2, 0.25) is 0 Å². The van der Waals surface area contributed by atoms with Crippen molar-refractivity contribution in [1.29, 1.82) is 0 Å². The summed E-state index contributed by atoms with van der Waals surface area (Å²) in [4.78, 5) is 0. The first kappa shape index (κ1) is 12.4. The van der Waals surface area contributed by atoms with Crippen LogP contribution in [0.15, 0.2) is 24.3 Å². The van der Waals surface area contributed by atoms with Crippen LogP contribution in [0.4, 0.5) is 0 Å². The van der Waals surface area contributed by atoms with E-state index in [1.807, 2.05) is 6.07 Å². The summed E-state index contributed by atoms with van der Waals surface area (Å²) < 4.78 is 15.1. The molecule has 1 unspecified atom stereocenters. The van der Waals surface area contributed by atoms with Crippen LogP contribution in [0.2, 0.25) is 0 Å². The average Bonchev–Trinajstić information content (AvgIpc) is 2.45. The van der Waals surface area contributed by atoms with Gasteiger partial charge in [0.25, 0.3) is 0 Å². The Balaban J connectivity index is 2.12.